The van der Waals surface area contributed by atoms with Crippen LogP contribution >= 0.6 is 0 Å². The Hall–Kier alpha value is -1.64. The second kappa shape index (κ2) is 5.16. The topological polar surface area (TPSA) is 41.5 Å². The Morgan fingerprint density at radius 1 is 1.26 bits per heavy atom. The summed E-state index contributed by atoms with van der Waals surface area (Å²) in [6, 6.07) is 7.54. The molecule has 3 unspecified atom stereocenters. The standard InChI is InChI=1S/C16H20N2O/c1-11-2-5-13(6-3-11)16(19)18-17-10-15-9-12-4-7-14(15)8-12/h2-3,5-6,10,12,14-15H,4,7-9H2,1H3,(H,18,19). The molecule has 3 atom stereocenters. The number of nitrogens with zero attached hydrogens (tertiary/aromatic N) is 1. The first-order valence-electron chi connectivity index (χ1n) is 7.12. The van der Waals surface area contributed by atoms with Crippen LogP contribution < -0.4 is 5.43 Å². The summed E-state index contributed by atoms with van der Waals surface area (Å²) in [6.45, 7) is 2.01. The second-order valence-electron chi connectivity index (χ2n) is 5.92. The van der Waals surface area contributed by atoms with Gasteiger partial charge in [-0.3, -0.25) is 4.79 Å². The predicted molar refractivity (Wildman–Crippen MR) is 76.1 cm³/mol. The highest BCUT2D eigenvalue weighted by Crippen LogP contribution is 2.47. The lowest BCUT2D eigenvalue weighted by Crippen LogP contribution is -2.20. The van der Waals surface area contributed by atoms with Crippen LogP contribution in [0.5, 0.6) is 0 Å². The number of aryl methyl sites for hydroxylation is 1. The number of hydrogen-bond acceptors (Lipinski definition) is 2. The lowest BCUT2D eigenvalue weighted by molar-refractivity contribution is 0.0955. The van der Waals surface area contributed by atoms with Gasteiger partial charge in [0, 0.05) is 11.8 Å². The van der Waals surface area contributed by atoms with Gasteiger partial charge in [-0.1, -0.05) is 24.1 Å². The molecule has 0 aliphatic heterocycles. The van der Waals surface area contributed by atoms with Crippen LogP contribution in [0.1, 0.15) is 41.6 Å². The van der Waals surface area contributed by atoms with E-state index in [9.17, 15) is 4.79 Å². The smallest absolute Gasteiger partial charge is 0.267 e. The van der Waals surface area contributed by atoms with Gasteiger partial charge in [0.1, 0.15) is 0 Å². The quantitative estimate of drug-likeness (QED) is 0.655. The summed E-state index contributed by atoms with van der Waals surface area (Å²) in [5, 5.41) is 4.15. The molecule has 3 nitrogen and oxygen atoms in total. The van der Waals surface area contributed by atoms with E-state index in [2.05, 4.69) is 10.5 Å². The number of rotatable bonds is 3. The molecule has 0 saturated heterocycles. The Morgan fingerprint density at radius 3 is 2.68 bits per heavy atom. The maximum atomic E-state index is 11.9. The van der Waals surface area contributed by atoms with E-state index in [1.165, 1.54) is 25.7 Å². The highest BCUT2D eigenvalue weighted by molar-refractivity contribution is 5.94. The van der Waals surface area contributed by atoms with E-state index in [0.29, 0.717) is 11.5 Å². The molecule has 2 aliphatic rings. The Bertz CT molecular complexity index is 492. The Labute approximate surface area is 114 Å². The monoisotopic (exact) mass is 256 g/mol. The Morgan fingerprint density at radius 2 is 2.05 bits per heavy atom. The summed E-state index contributed by atoms with van der Waals surface area (Å²) in [5.74, 6) is 2.18. The molecule has 0 aromatic heterocycles. The van der Waals surface area contributed by atoms with Crippen molar-refractivity contribution < 1.29 is 4.79 Å². The van der Waals surface area contributed by atoms with E-state index >= 15 is 0 Å². The summed E-state index contributed by atoms with van der Waals surface area (Å²) in [5.41, 5.74) is 4.45. The van der Waals surface area contributed by atoms with Gasteiger partial charge in [-0.05, 0) is 56.1 Å². The molecule has 3 rings (SSSR count). The number of fused-ring (bicyclic) bond motifs is 2. The third kappa shape index (κ3) is 2.70. The summed E-state index contributed by atoms with van der Waals surface area (Å²) >= 11 is 0. The molecule has 1 N–H and O–H groups in total. The van der Waals surface area contributed by atoms with Gasteiger partial charge in [-0.2, -0.15) is 5.10 Å². The number of benzene rings is 1. The largest absolute Gasteiger partial charge is 0.271 e. The van der Waals surface area contributed by atoms with Crippen LogP contribution in [0.3, 0.4) is 0 Å². The van der Waals surface area contributed by atoms with E-state index in [4.69, 9.17) is 0 Å². The minimum Gasteiger partial charge on any atom is -0.267 e. The minimum absolute atomic E-state index is 0.126. The number of hydrogen-bond donors (Lipinski definition) is 1. The molecule has 2 aliphatic carbocycles. The van der Waals surface area contributed by atoms with Crippen LogP contribution in [0.4, 0.5) is 0 Å². The molecular weight excluding hydrogens is 236 g/mol. The van der Waals surface area contributed by atoms with Crippen molar-refractivity contribution >= 4 is 12.1 Å². The molecule has 0 heterocycles. The molecule has 1 aromatic carbocycles. The number of amides is 1. The van der Waals surface area contributed by atoms with Crippen molar-refractivity contribution in [2.45, 2.75) is 32.6 Å². The van der Waals surface area contributed by atoms with Gasteiger partial charge >= 0.3 is 0 Å². The third-order valence-electron chi connectivity index (χ3n) is 4.54. The van der Waals surface area contributed by atoms with Crippen LogP contribution in [-0.4, -0.2) is 12.1 Å². The first-order chi connectivity index (χ1) is 9.22. The van der Waals surface area contributed by atoms with E-state index in [-0.39, 0.29) is 5.91 Å². The fourth-order valence-corrected chi connectivity index (χ4v) is 3.44. The van der Waals surface area contributed by atoms with Gasteiger partial charge in [0.15, 0.2) is 0 Å². The first kappa shape index (κ1) is 12.4. The number of nitrogens with one attached hydrogen (secondary N) is 1. The zero-order valence-electron chi connectivity index (χ0n) is 11.3. The lowest BCUT2D eigenvalue weighted by Gasteiger charge is -2.16. The number of hydrazone groups is 1. The fourth-order valence-electron chi connectivity index (χ4n) is 3.44. The van der Waals surface area contributed by atoms with Gasteiger partial charge in [0.25, 0.3) is 5.91 Å². The number of carbonyl (C=O) groups is 1. The molecule has 3 heteroatoms. The van der Waals surface area contributed by atoms with Gasteiger partial charge in [0.05, 0.1) is 0 Å². The molecule has 2 fully saturated rings. The lowest BCUT2D eigenvalue weighted by atomic mass is 9.90. The average molecular weight is 256 g/mol. The van der Waals surface area contributed by atoms with Crippen LogP contribution in [0.2, 0.25) is 0 Å². The summed E-state index contributed by atoms with van der Waals surface area (Å²) in [7, 11) is 0. The SMILES string of the molecule is Cc1ccc(C(=O)NN=CC2CC3CCC2C3)cc1. The molecular formula is C16H20N2O. The van der Waals surface area contributed by atoms with Crippen molar-refractivity contribution in [3.05, 3.63) is 35.4 Å². The van der Waals surface area contributed by atoms with E-state index in [0.717, 1.165) is 17.4 Å². The zero-order valence-corrected chi connectivity index (χ0v) is 11.3. The molecule has 0 radical (unpaired) electrons. The summed E-state index contributed by atoms with van der Waals surface area (Å²) in [4.78, 5) is 11.9. The molecule has 1 amide bonds. The molecule has 19 heavy (non-hydrogen) atoms. The molecule has 1 aromatic rings. The number of carbonyl (C=O) groups excluding carboxylic acids is 1. The van der Waals surface area contributed by atoms with Crippen LogP contribution in [0, 0.1) is 24.7 Å². The Kier molecular flexibility index (Phi) is 3.36. The van der Waals surface area contributed by atoms with Crippen molar-refractivity contribution in [2.75, 3.05) is 0 Å². The highest BCUT2D eigenvalue weighted by Gasteiger charge is 2.38. The van der Waals surface area contributed by atoms with Crippen LogP contribution in [-0.2, 0) is 0 Å². The van der Waals surface area contributed by atoms with Crippen molar-refractivity contribution in [1.29, 1.82) is 0 Å². The maximum absolute atomic E-state index is 11.9. The van der Waals surface area contributed by atoms with Crippen molar-refractivity contribution in [1.82, 2.24) is 5.43 Å². The maximum Gasteiger partial charge on any atom is 0.271 e. The Balaban J connectivity index is 1.54. The van der Waals surface area contributed by atoms with Crippen molar-refractivity contribution in [3.63, 3.8) is 0 Å². The van der Waals surface area contributed by atoms with Crippen LogP contribution in [0.15, 0.2) is 29.4 Å². The van der Waals surface area contributed by atoms with Gasteiger partial charge in [-0.25, -0.2) is 5.43 Å². The molecule has 100 valence electrons. The van der Waals surface area contributed by atoms with Gasteiger partial charge < -0.3 is 0 Å². The average Bonchev–Trinajstić information content (AvgIpc) is 3.02. The van der Waals surface area contributed by atoms with Gasteiger partial charge in [-0.15, -0.1) is 0 Å². The van der Waals surface area contributed by atoms with E-state index in [1.807, 2.05) is 37.4 Å². The zero-order chi connectivity index (χ0) is 13.2. The van der Waals surface area contributed by atoms with Gasteiger partial charge in [0.2, 0.25) is 0 Å². The summed E-state index contributed by atoms with van der Waals surface area (Å²) in [6.07, 6.45) is 7.31. The van der Waals surface area contributed by atoms with Crippen LogP contribution in [0.25, 0.3) is 0 Å². The van der Waals surface area contributed by atoms with Crippen molar-refractivity contribution in [3.8, 4) is 0 Å². The molecule has 0 spiro atoms. The molecule has 2 bridgehead atoms. The normalized spacial score (nSPS) is 29.0. The minimum atomic E-state index is -0.126. The van der Waals surface area contributed by atoms with E-state index in [1.54, 1.807) is 0 Å². The highest BCUT2D eigenvalue weighted by atomic mass is 16.2. The first-order valence-corrected chi connectivity index (χ1v) is 7.12. The van der Waals surface area contributed by atoms with Crippen molar-refractivity contribution in [2.24, 2.45) is 22.9 Å². The second-order valence-corrected chi connectivity index (χ2v) is 5.92. The predicted octanol–water partition coefficient (Wildman–Crippen LogP) is 3.15. The summed E-state index contributed by atoms with van der Waals surface area (Å²) < 4.78 is 0. The van der Waals surface area contributed by atoms with E-state index < -0.39 is 0 Å². The fraction of sp³-hybridized carbons (Fsp3) is 0.500. The molecule has 2 saturated carbocycles. The third-order valence-corrected chi connectivity index (χ3v) is 4.54.